The third kappa shape index (κ3) is 2.73. The molecule has 0 aliphatic carbocycles. The molecule has 0 aromatic heterocycles. The van der Waals surface area contributed by atoms with Crippen LogP contribution in [0, 0.1) is 13.8 Å². The van der Waals surface area contributed by atoms with Crippen molar-refractivity contribution in [2.75, 3.05) is 5.32 Å². The number of nitrogens with two attached hydrogens (primary N) is 1. The van der Waals surface area contributed by atoms with E-state index in [1.54, 1.807) is 12.1 Å². The van der Waals surface area contributed by atoms with Crippen molar-refractivity contribution in [3.05, 3.63) is 23.3 Å². The largest absolute Gasteiger partial charge is 0.361 e. The van der Waals surface area contributed by atoms with Crippen LogP contribution in [0.3, 0.4) is 0 Å². The average Bonchev–Trinajstić information content (AvgIpc) is 2.13. The molecule has 0 radical (unpaired) electrons. The van der Waals surface area contributed by atoms with Crippen molar-refractivity contribution in [3.63, 3.8) is 0 Å². The van der Waals surface area contributed by atoms with Crippen LogP contribution in [-0.4, -0.2) is 11.8 Å². The first-order valence-corrected chi connectivity index (χ1v) is 4.77. The van der Waals surface area contributed by atoms with Gasteiger partial charge in [0.25, 0.3) is 0 Å². The number of anilines is 1. The number of carbonyl (C=O) groups excluding carboxylic acids is 2. The number of carbonyl (C=O) groups is 2. The Morgan fingerprint density at radius 3 is 2.13 bits per heavy atom. The Morgan fingerprint density at radius 2 is 1.73 bits per heavy atom. The molecule has 1 rings (SSSR count). The van der Waals surface area contributed by atoms with Crippen LogP contribution in [0.1, 0.15) is 11.1 Å². The summed E-state index contributed by atoms with van der Waals surface area (Å²) in [5.74, 6) is -1.82. The Bertz CT molecular complexity index is 406. The van der Waals surface area contributed by atoms with Crippen molar-refractivity contribution in [2.45, 2.75) is 18.7 Å². The summed E-state index contributed by atoms with van der Waals surface area (Å²) in [4.78, 5) is 22.4. The molecule has 4 nitrogen and oxygen atoms in total. The fraction of sp³-hybridized carbons (Fsp3) is 0.200. The van der Waals surface area contributed by atoms with Gasteiger partial charge in [-0.25, -0.2) is 0 Å². The quantitative estimate of drug-likeness (QED) is 0.492. The minimum absolute atomic E-state index is 0.548. The van der Waals surface area contributed by atoms with Crippen molar-refractivity contribution in [3.8, 4) is 0 Å². The molecule has 15 heavy (non-hydrogen) atoms. The molecule has 5 heteroatoms. The van der Waals surface area contributed by atoms with E-state index in [9.17, 15) is 9.59 Å². The second-order valence-corrected chi connectivity index (χ2v) is 3.72. The maximum Gasteiger partial charge on any atom is 0.313 e. The van der Waals surface area contributed by atoms with Crippen LogP contribution < -0.4 is 11.1 Å². The molecule has 0 saturated carbocycles. The molecule has 0 heterocycles. The molecule has 1 aromatic rings. The Morgan fingerprint density at radius 1 is 1.27 bits per heavy atom. The highest BCUT2D eigenvalue weighted by molar-refractivity contribution is 7.80. The lowest BCUT2D eigenvalue weighted by molar-refractivity contribution is -0.134. The predicted molar refractivity (Wildman–Crippen MR) is 61.0 cm³/mol. The molecular formula is C10H12N2O2S. The number of thiol groups is 1. The Labute approximate surface area is 93.3 Å². The lowest BCUT2D eigenvalue weighted by atomic mass is 10.1. The zero-order valence-electron chi connectivity index (χ0n) is 8.50. The van der Waals surface area contributed by atoms with Gasteiger partial charge in [-0.2, -0.15) is 0 Å². The van der Waals surface area contributed by atoms with Gasteiger partial charge in [0, 0.05) is 10.6 Å². The number of primary amides is 1. The summed E-state index contributed by atoms with van der Waals surface area (Å²) in [6, 6.07) is 3.46. The molecule has 2 amide bonds. The van der Waals surface area contributed by atoms with Gasteiger partial charge in [-0.15, -0.1) is 12.6 Å². The van der Waals surface area contributed by atoms with Gasteiger partial charge in [-0.1, -0.05) is 0 Å². The normalized spacial score (nSPS) is 9.80. The van der Waals surface area contributed by atoms with Gasteiger partial charge in [0.1, 0.15) is 0 Å². The summed E-state index contributed by atoms with van der Waals surface area (Å²) in [5, 5.41) is 2.40. The number of hydrogen-bond donors (Lipinski definition) is 3. The smallest absolute Gasteiger partial charge is 0.313 e. The molecule has 0 aliphatic rings. The molecule has 0 spiro atoms. The number of aryl methyl sites for hydroxylation is 2. The standard InChI is InChI=1S/C10H12N2O2S/c1-5-3-7(4-6(2)8(5)15)12-10(14)9(11)13/h3-4,15H,1-2H3,(H2,11,13)(H,12,14). The first-order valence-electron chi connectivity index (χ1n) is 4.33. The Balaban J connectivity index is 2.98. The summed E-state index contributed by atoms with van der Waals surface area (Å²) < 4.78 is 0. The fourth-order valence-electron chi connectivity index (χ4n) is 1.22. The predicted octanol–water partition coefficient (Wildman–Crippen LogP) is 1.02. The highest BCUT2D eigenvalue weighted by atomic mass is 32.1. The molecule has 0 fully saturated rings. The van der Waals surface area contributed by atoms with Gasteiger partial charge in [-0.3, -0.25) is 9.59 Å². The zero-order chi connectivity index (χ0) is 11.6. The fourth-order valence-corrected chi connectivity index (χ4v) is 1.35. The summed E-state index contributed by atoms with van der Waals surface area (Å²) in [7, 11) is 0. The van der Waals surface area contributed by atoms with Crippen molar-refractivity contribution < 1.29 is 9.59 Å². The maximum atomic E-state index is 11.0. The Hall–Kier alpha value is -1.49. The van der Waals surface area contributed by atoms with Crippen molar-refractivity contribution in [1.82, 2.24) is 0 Å². The molecule has 80 valence electrons. The number of benzene rings is 1. The first kappa shape index (κ1) is 11.6. The van der Waals surface area contributed by atoms with Crippen LogP contribution in [0.15, 0.2) is 17.0 Å². The molecule has 0 saturated heterocycles. The lowest BCUT2D eigenvalue weighted by Gasteiger charge is -2.08. The van der Waals surface area contributed by atoms with Crippen LogP contribution >= 0.6 is 12.6 Å². The molecule has 0 atom stereocenters. The average molecular weight is 224 g/mol. The number of rotatable bonds is 1. The van der Waals surface area contributed by atoms with Crippen LogP contribution in [-0.2, 0) is 9.59 Å². The monoisotopic (exact) mass is 224 g/mol. The van der Waals surface area contributed by atoms with Crippen molar-refractivity contribution in [1.29, 1.82) is 0 Å². The summed E-state index contributed by atoms with van der Waals surface area (Å²) in [6.45, 7) is 3.74. The second-order valence-electron chi connectivity index (χ2n) is 3.28. The third-order valence-corrected chi connectivity index (χ3v) is 2.68. The van der Waals surface area contributed by atoms with E-state index in [4.69, 9.17) is 5.73 Å². The highest BCUT2D eigenvalue weighted by Crippen LogP contribution is 2.22. The molecule has 3 N–H and O–H groups in total. The Kier molecular flexibility index (Phi) is 3.36. The van der Waals surface area contributed by atoms with Gasteiger partial charge in [0.2, 0.25) is 0 Å². The topological polar surface area (TPSA) is 72.2 Å². The van der Waals surface area contributed by atoms with E-state index >= 15 is 0 Å². The molecule has 0 bridgehead atoms. The second kappa shape index (κ2) is 4.35. The molecule has 1 aromatic carbocycles. The van der Waals surface area contributed by atoms with E-state index in [2.05, 4.69) is 17.9 Å². The van der Waals surface area contributed by atoms with E-state index in [1.165, 1.54) is 0 Å². The lowest BCUT2D eigenvalue weighted by Crippen LogP contribution is -2.29. The van der Waals surface area contributed by atoms with Crippen LogP contribution in [0.5, 0.6) is 0 Å². The number of nitrogens with one attached hydrogen (secondary N) is 1. The summed E-state index contributed by atoms with van der Waals surface area (Å²) in [5.41, 5.74) is 7.23. The van der Waals surface area contributed by atoms with Crippen molar-refractivity contribution in [2.24, 2.45) is 5.73 Å². The van der Waals surface area contributed by atoms with Gasteiger partial charge >= 0.3 is 11.8 Å². The van der Waals surface area contributed by atoms with E-state index < -0.39 is 11.8 Å². The summed E-state index contributed by atoms with van der Waals surface area (Å²) in [6.07, 6.45) is 0. The molecule has 0 unspecified atom stereocenters. The van der Waals surface area contributed by atoms with Crippen molar-refractivity contribution >= 4 is 30.1 Å². The van der Waals surface area contributed by atoms with Gasteiger partial charge < -0.3 is 11.1 Å². The zero-order valence-corrected chi connectivity index (χ0v) is 9.39. The van der Waals surface area contributed by atoms with Gasteiger partial charge in [0.05, 0.1) is 0 Å². The van der Waals surface area contributed by atoms with Crippen LogP contribution in [0.4, 0.5) is 5.69 Å². The van der Waals surface area contributed by atoms with E-state index in [0.717, 1.165) is 16.0 Å². The van der Waals surface area contributed by atoms with Crippen LogP contribution in [0.25, 0.3) is 0 Å². The number of hydrogen-bond acceptors (Lipinski definition) is 3. The summed E-state index contributed by atoms with van der Waals surface area (Å²) >= 11 is 4.29. The third-order valence-electron chi connectivity index (χ3n) is 1.97. The highest BCUT2D eigenvalue weighted by Gasteiger charge is 2.09. The van der Waals surface area contributed by atoms with Crippen LogP contribution in [0.2, 0.25) is 0 Å². The molecular weight excluding hydrogens is 212 g/mol. The van der Waals surface area contributed by atoms with Gasteiger partial charge in [-0.05, 0) is 37.1 Å². The van der Waals surface area contributed by atoms with E-state index in [-0.39, 0.29) is 0 Å². The maximum absolute atomic E-state index is 11.0. The minimum atomic E-state index is -1.000. The number of amides is 2. The SMILES string of the molecule is Cc1cc(NC(=O)C(N)=O)cc(C)c1S. The first-order chi connectivity index (χ1) is 6.91. The molecule has 0 aliphatic heterocycles. The minimum Gasteiger partial charge on any atom is -0.361 e. The van der Waals surface area contributed by atoms with E-state index in [1.807, 2.05) is 13.8 Å². The van der Waals surface area contributed by atoms with Gasteiger partial charge in [0.15, 0.2) is 0 Å². The van der Waals surface area contributed by atoms with E-state index in [0.29, 0.717) is 5.69 Å².